The first kappa shape index (κ1) is 17.2. The molecule has 0 saturated carbocycles. The number of aliphatic hydroxyl groups is 2. The summed E-state index contributed by atoms with van der Waals surface area (Å²) in [5.41, 5.74) is -0.312. The smallest absolute Gasteiger partial charge is 0.0902 e. The molecule has 0 amide bonds. The first-order chi connectivity index (χ1) is 8.17. The van der Waals surface area contributed by atoms with Crippen molar-refractivity contribution in [2.45, 2.75) is 59.5 Å². The van der Waals surface area contributed by atoms with Crippen LogP contribution >= 0.6 is 0 Å². The highest BCUT2D eigenvalue weighted by molar-refractivity contribution is 5.21. The minimum absolute atomic E-state index is 0.0519. The van der Waals surface area contributed by atoms with E-state index < -0.39 is 5.60 Å². The van der Waals surface area contributed by atoms with E-state index in [0.29, 0.717) is 18.4 Å². The second kappa shape index (κ2) is 6.97. The Balaban J connectivity index is 5.17. The zero-order valence-corrected chi connectivity index (χ0v) is 12.5. The number of unbranched alkanes of at least 4 members (excludes halogenated alkanes) is 1. The molecule has 0 radical (unpaired) electrons. The lowest BCUT2D eigenvalue weighted by Crippen LogP contribution is -2.39. The van der Waals surface area contributed by atoms with Crippen molar-refractivity contribution in [3.8, 4) is 12.3 Å². The van der Waals surface area contributed by atoms with E-state index in [1.54, 1.807) is 0 Å². The molecule has 0 aromatic rings. The summed E-state index contributed by atoms with van der Waals surface area (Å²) in [5.74, 6) is 2.64. The van der Waals surface area contributed by atoms with Gasteiger partial charge in [0, 0.05) is 6.42 Å². The van der Waals surface area contributed by atoms with Gasteiger partial charge in [0.25, 0.3) is 0 Å². The molecule has 2 heteroatoms. The van der Waals surface area contributed by atoms with E-state index in [1.807, 2.05) is 19.9 Å². The number of terminal acetylenes is 1. The largest absolute Gasteiger partial charge is 0.392 e. The van der Waals surface area contributed by atoms with Gasteiger partial charge in [0.05, 0.1) is 12.2 Å². The van der Waals surface area contributed by atoms with Gasteiger partial charge < -0.3 is 10.2 Å². The molecule has 104 valence electrons. The molecule has 0 heterocycles. The van der Waals surface area contributed by atoms with Crippen LogP contribution in [0.4, 0.5) is 0 Å². The summed E-state index contributed by atoms with van der Waals surface area (Å²) in [6.07, 6.45) is 9.24. The Bertz CT molecular complexity index is 315. The summed E-state index contributed by atoms with van der Waals surface area (Å²) in [6, 6.07) is 0. The molecular weight excluding hydrogens is 224 g/mol. The van der Waals surface area contributed by atoms with Crippen LogP contribution in [0, 0.1) is 23.7 Å². The Morgan fingerprint density at radius 3 is 2.22 bits per heavy atom. The van der Waals surface area contributed by atoms with Gasteiger partial charge in [-0.3, -0.25) is 0 Å². The Morgan fingerprint density at radius 2 is 1.89 bits per heavy atom. The van der Waals surface area contributed by atoms with E-state index in [2.05, 4.69) is 26.7 Å². The van der Waals surface area contributed by atoms with Gasteiger partial charge in [-0.15, -0.1) is 12.3 Å². The van der Waals surface area contributed by atoms with E-state index in [9.17, 15) is 10.2 Å². The number of rotatable bonds is 6. The third-order valence-corrected chi connectivity index (χ3v) is 3.17. The maximum absolute atomic E-state index is 10.8. The Morgan fingerprint density at radius 1 is 1.33 bits per heavy atom. The van der Waals surface area contributed by atoms with Gasteiger partial charge in [-0.1, -0.05) is 40.7 Å². The molecule has 0 bridgehead atoms. The number of aliphatic hydroxyl groups excluding tert-OH is 1. The molecule has 1 atom stereocenters. The van der Waals surface area contributed by atoms with Crippen molar-refractivity contribution in [2.24, 2.45) is 11.3 Å². The van der Waals surface area contributed by atoms with Crippen LogP contribution in [0.5, 0.6) is 0 Å². The van der Waals surface area contributed by atoms with E-state index in [1.165, 1.54) is 0 Å². The lowest BCUT2D eigenvalue weighted by molar-refractivity contribution is 0.0111. The molecule has 18 heavy (non-hydrogen) atoms. The summed E-state index contributed by atoms with van der Waals surface area (Å²) in [4.78, 5) is 0. The van der Waals surface area contributed by atoms with Gasteiger partial charge in [-0.2, -0.15) is 0 Å². The van der Waals surface area contributed by atoms with Gasteiger partial charge >= 0.3 is 0 Å². The third kappa shape index (κ3) is 5.25. The lowest BCUT2D eigenvalue weighted by Gasteiger charge is -2.35. The topological polar surface area (TPSA) is 40.5 Å². The summed E-state index contributed by atoms with van der Waals surface area (Å²) in [6.45, 7) is 10.0. The van der Waals surface area contributed by atoms with Gasteiger partial charge in [0.1, 0.15) is 0 Å². The number of hydrogen-bond donors (Lipinski definition) is 2. The van der Waals surface area contributed by atoms with Crippen molar-refractivity contribution in [1.29, 1.82) is 0 Å². The van der Waals surface area contributed by atoms with E-state index in [4.69, 9.17) is 6.42 Å². The quantitative estimate of drug-likeness (QED) is 0.433. The predicted molar refractivity (Wildman–Crippen MR) is 77.1 cm³/mol. The monoisotopic (exact) mass is 252 g/mol. The summed E-state index contributed by atoms with van der Waals surface area (Å²) >= 11 is 0. The van der Waals surface area contributed by atoms with E-state index in [-0.39, 0.29) is 17.9 Å². The second-order valence-corrected chi connectivity index (χ2v) is 6.33. The first-order valence-corrected chi connectivity index (χ1v) is 6.66. The minimum atomic E-state index is -0.959. The van der Waals surface area contributed by atoms with Crippen LogP contribution in [0.2, 0.25) is 0 Å². The Hall–Kier alpha value is -0.780. The molecule has 0 fully saturated rings. The molecular formula is C16H28O2. The average Bonchev–Trinajstić information content (AvgIpc) is 2.24. The molecule has 2 N–H and O–H groups in total. The zero-order valence-electron chi connectivity index (χ0n) is 12.5. The first-order valence-electron chi connectivity index (χ1n) is 6.66. The van der Waals surface area contributed by atoms with Crippen LogP contribution < -0.4 is 0 Å². The van der Waals surface area contributed by atoms with E-state index >= 15 is 0 Å². The number of hydrogen-bond acceptors (Lipinski definition) is 2. The molecule has 0 aliphatic carbocycles. The maximum atomic E-state index is 10.8. The van der Waals surface area contributed by atoms with Crippen LogP contribution in [0.15, 0.2) is 11.6 Å². The van der Waals surface area contributed by atoms with Gasteiger partial charge in [0.15, 0.2) is 0 Å². The Kier molecular flexibility index (Phi) is 6.67. The molecule has 0 aliphatic heterocycles. The molecule has 0 aromatic carbocycles. The maximum Gasteiger partial charge on any atom is 0.0902 e. The number of allylic oxidation sites excluding steroid dienone is 1. The third-order valence-electron chi connectivity index (χ3n) is 3.17. The van der Waals surface area contributed by atoms with Gasteiger partial charge in [-0.25, -0.2) is 0 Å². The molecule has 0 spiro atoms. The SMILES string of the molecule is C#CCCCC(O)(/C(=C/C(C)(C)C)CO)C(C)C. The zero-order chi connectivity index (χ0) is 14.4. The van der Waals surface area contributed by atoms with Crippen LogP contribution in [0.3, 0.4) is 0 Å². The van der Waals surface area contributed by atoms with Crippen LogP contribution in [0.25, 0.3) is 0 Å². The van der Waals surface area contributed by atoms with Crippen molar-refractivity contribution in [3.05, 3.63) is 11.6 Å². The van der Waals surface area contributed by atoms with Crippen LogP contribution in [0.1, 0.15) is 53.9 Å². The predicted octanol–water partition coefficient (Wildman–Crippen LogP) is 3.14. The molecule has 0 aliphatic rings. The fraction of sp³-hybridized carbons (Fsp3) is 0.750. The standard InChI is InChI=1S/C16H28O2/c1-7-8-9-10-16(18,13(2)3)14(12-17)11-15(4,5)6/h1,11,13,17-18H,8-10,12H2,2-6H3/b14-11+. The average molecular weight is 252 g/mol. The molecule has 1 unspecified atom stereocenters. The van der Waals surface area contributed by atoms with E-state index in [0.717, 1.165) is 6.42 Å². The molecule has 2 nitrogen and oxygen atoms in total. The Labute approximate surface area is 112 Å². The molecule has 0 rings (SSSR count). The van der Waals surface area contributed by atoms with Crippen molar-refractivity contribution < 1.29 is 10.2 Å². The summed E-state index contributed by atoms with van der Waals surface area (Å²) in [7, 11) is 0. The van der Waals surface area contributed by atoms with Crippen molar-refractivity contribution in [3.63, 3.8) is 0 Å². The van der Waals surface area contributed by atoms with Crippen LogP contribution in [-0.2, 0) is 0 Å². The van der Waals surface area contributed by atoms with Crippen LogP contribution in [-0.4, -0.2) is 22.4 Å². The molecule has 0 aromatic heterocycles. The van der Waals surface area contributed by atoms with Crippen molar-refractivity contribution in [2.75, 3.05) is 6.61 Å². The summed E-state index contributed by atoms with van der Waals surface area (Å²) in [5, 5.41) is 20.4. The minimum Gasteiger partial charge on any atom is -0.392 e. The fourth-order valence-electron chi connectivity index (χ4n) is 2.11. The van der Waals surface area contributed by atoms with Gasteiger partial charge in [-0.05, 0) is 29.7 Å². The second-order valence-electron chi connectivity index (χ2n) is 6.33. The highest BCUT2D eigenvalue weighted by Gasteiger charge is 2.34. The van der Waals surface area contributed by atoms with Crippen molar-refractivity contribution >= 4 is 0 Å². The fourth-order valence-corrected chi connectivity index (χ4v) is 2.11. The summed E-state index contributed by atoms with van der Waals surface area (Å²) < 4.78 is 0. The van der Waals surface area contributed by atoms with Gasteiger partial charge in [0.2, 0.25) is 0 Å². The molecule has 0 saturated heterocycles. The normalized spacial score (nSPS) is 16.5. The highest BCUT2D eigenvalue weighted by Crippen LogP contribution is 2.34. The van der Waals surface area contributed by atoms with Crippen molar-refractivity contribution in [1.82, 2.24) is 0 Å². The lowest BCUT2D eigenvalue weighted by atomic mass is 9.76. The highest BCUT2D eigenvalue weighted by atomic mass is 16.3.